The van der Waals surface area contributed by atoms with Gasteiger partial charge in [-0.3, -0.25) is 4.79 Å². The SMILES string of the molecule is CCC(C)Oc1cc(-c2nc(CC(=O)NC)no2)ccn1. The predicted octanol–water partition coefficient (Wildman–Crippen LogP) is 1.60. The van der Waals surface area contributed by atoms with Gasteiger partial charge in [-0.15, -0.1) is 0 Å². The van der Waals surface area contributed by atoms with Crippen molar-refractivity contribution in [1.82, 2.24) is 20.4 Å². The molecule has 21 heavy (non-hydrogen) atoms. The van der Waals surface area contributed by atoms with Gasteiger partial charge < -0.3 is 14.6 Å². The standard InChI is InChI=1S/C14H18N4O3/c1-4-9(2)20-13-7-10(5-6-16-13)14-17-11(18-21-14)8-12(19)15-3/h5-7,9H,4,8H2,1-3H3,(H,15,19). The van der Waals surface area contributed by atoms with Crippen molar-refractivity contribution in [2.45, 2.75) is 32.8 Å². The molecule has 0 aliphatic heterocycles. The monoisotopic (exact) mass is 290 g/mol. The van der Waals surface area contributed by atoms with Gasteiger partial charge >= 0.3 is 0 Å². The molecule has 0 spiro atoms. The third-order valence-corrected chi connectivity index (χ3v) is 2.94. The number of likely N-dealkylation sites (N-methyl/N-ethyl adjacent to an activating group) is 1. The maximum Gasteiger partial charge on any atom is 0.258 e. The first-order valence-corrected chi connectivity index (χ1v) is 6.78. The minimum atomic E-state index is -0.169. The maximum atomic E-state index is 11.3. The van der Waals surface area contributed by atoms with Gasteiger partial charge in [-0.2, -0.15) is 4.98 Å². The molecule has 2 rings (SSSR count). The van der Waals surface area contributed by atoms with Crippen molar-refractivity contribution in [3.8, 4) is 17.3 Å². The highest BCUT2D eigenvalue weighted by atomic mass is 16.5. The lowest BCUT2D eigenvalue weighted by atomic mass is 10.2. The Balaban J connectivity index is 2.14. The highest BCUT2D eigenvalue weighted by molar-refractivity contribution is 5.77. The molecule has 0 radical (unpaired) electrons. The van der Waals surface area contributed by atoms with Crippen LogP contribution in [0.25, 0.3) is 11.5 Å². The molecule has 0 fully saturated rings. The number of hydrogen-bond acceptors (Lipinski definition) is 6. The molecule has 0 saturated carbocycles. The molecule has 1 amide bonds. The third kappa shape index (κ3) is 4.01. The van der Waals surface area contributed by atoms with E-state index in [2.05, 4.69) is 20.4 Å². The molecule has 1 N–H and O–H groups in total. The van der Waals surface area contributed by atoms with Crippen molar-refractivity contribution >= 4 is 5.91 Å². The Labute approximate surface area is 122 Å². The number of pyridine rings is 1. The summed E-state index contributed by atoms with van der Waals surface area (Å²) in [5, 5.41) is 6.29. The number of rotatable bonds is 6. The molecule has 0 aliphatic rings. The van der Waals surface area contributed by atoms with Gasteiger partial charge in [0.1, 0.15) is 0 Å². The number of hydrogen-bond donors (Lipinski definition) is 1. The van der Waals surface area contributed by atoms with Crippen molar-refractivity contribution < 1.29 is 14.1 Å². The minimum absolute atomic E-state index is 0.0826. The molecule has 1 unspecified atom stereocenters. The van der Waals surface area contributed by atoms with Crippen molar-refractivity contribution in [3.05, 3.63) is 24.2 Å². The van der Waals surface area contributed by atoms with Crippen LogP contribution in [0, 0.1) is 0 Å². The summed E-state index contributed by atoms with van der Waals surface area (Å²) in [6, 6.07) is 3.49. The molecule has 7 heteroatoms. The van der Waals surface area contributed by atoms with Crippen molar-refractivity contribution in [2.75, 3.05) is 7.05 Å². The fourth-order valence-corrected chi connectivity index (χ4v) is 1.57. The average Bonchev–Trinajstić information content (AvgIpc) is 2.95. The summed E-state index contributed by atoms with van der Waals surface area (Å²) < 4.78 is 10.8. The van der Waals surface area contributed by atoms with Gasteiger partial charge in [-0.1, -0.05) is 12.1 Å². The number of carbonyl (C=O) groups excluding carboxylic acids is 1. The Bertz CT molecular complexity index is 612. The summed E-state index contributed by atoms with van der Waals surface area (Å²) >= 11 is 0. The van der Waals surface area contributed by atoms with Crippen LogP contribution >= 0.6 is 0 Å². The molecule has 1 atom stereocenters. The van der Waals surface area contributed by atoms with Gasteiger partial charge in [0, 0.05) is 24.9 Å². The van der Waals surface area contributed by atoms with E-state index in [1.54, 1.807) is 25.4 Å². The Kier molecular flexibility index (Phi) is 4.86. The number of nitrogens with one attached hydrogen (secondary N) is 1. The van der Waals surface area contributed by atoms with E-state index in [1.807, 2.05) is 13.8 Å². The van der Waals surface area contributed by atoms with Crippen LogP contribution in [0.4, 0.5) is 0 Å². The van der Waals surface area contributed by atoms with Crippen molar-refractivity contribution in [1.29, 1.82) is 0 Å². The Hall–Kier alpha value is -2.44. The number of carbonyl (C=O) groups is 1. The van der Waals surface area contributed by atoms with Crippen LogP contribution in [0.5, 0.6) is 5.88 Å². The van der Waals surface area contributed by atoms with Crippen molar-refractivity contribution in [2.24, 2.45) is 0 Å². The number of ether oxygens (including phenoxy) is 1. The molecule has 2 aromatic rings. The second-order valence-electron chi connectivity index (χ2n) is 4.59. The van der Waals surface area contributed by atoms with Crippen LogP contribution in [-0.2, 0) is 11.2 Å². The average molecular weight is 290 g/mol. The Morgan fingerprint density at radius 1 is 1.52 bits per heavy atom. The third-order valence-electron chi connectivity index (χ3n) is 2.94. The lowest BCUT2D eigenvalue weighted by Gasteiger charge is -2.11. The van der Waals surface area contributed by atoms with E-state index in [9.17, 15) is 4.79 Å². The Morgan fingerprint density at radius 3 is 3.05 bits per heavy atom. The molecule has 0 aromatic carbocycles. The first-order valence-electron chi connectivity index (χ1n) is 6.78. The van der Waals surface area contributed by atoms with E-state index >= 15 is 0 Å². The van der Waals surface area contributed by atoms with Gasteiger partial charge in [0.25, 0.3) is 5.89 Å². The van der Waals surface area contributed by atoms with Gasteiger partial charge in [0.15, 0.2) is 5.82 Å². The van der Waals surface area contributed by atoms with Gasteiger partial charge in [-0.05, 0) is 19.4 Å². The van der Waals surface area contributed by atoms with Crippen LogP contribution in [0.2, 0.25) is 0 Å². The lowest BCUT2D eigenvalue weighted by molar-refractivity contribution is -0.120. The highest BCUT2D eigenvalue weighted by Gasteiger charge is 2.13. The summed E-state index contributed by atoms with van der Waals surface area (Å²) in [7, 11) is 1.56. The lowest BCUT2D eigenvalue weighted by Crippen LogP contribution is -2.20. The minimum Gasteiger partial charge on any atom is -0.475 e. The van der Waals surface area contributed by atoms with E-state index in [0.29, 0.717) is 23.2 Å². The quantitative estimate of drug-likeness (QED) is 0.869. The Morgan fingerprint density at radius 2 is 2.33 bits per heavy atom. The highest BCUT2D eigenvalue weighted by Crippen LogP contribution is 2.21. The second-order valence-corrected chi connectivity index (χ2v) is 4.59. The molecular weight excluding hydrogens is 272 g/mol. The van der Waals surface area contributed by atoms with Crippen LogP contribution < -0.4 is 10.1 Å². The molecular formula is C14H18N4O3. The normalized spacial score (nSPS) is 12.0. The molecule has 0 saturated heterocycles. The summed E-state index contributed by atoms with van der Waals surface area (Å²) in [4.78, 5) is 19.6. The summed E-state index contributed by atoms with van der Waals surface area (Å²) in [6.07, 6.45) is 2.68. The summed E-state index contributed by atoms with van der Waals surface area (Å²) in [5.74, 6) is 1.02. The number of aromatic nitrogens is 3. The zero-order valence-corrected chi connectivity index (χ0v) is 12.3. The smallest absolute Gasteiger partial charge is 0.258 e. The predicted molar refractivity (Wildman–Crippen MR) is 75.7 cm³/mol. The molecule has 0 aliphatic carbocycles. The number of amides is 1. The van der Waals surface area contributed by atoms with Gasteiger partial charge in [0.05, 0.1) is 12.5 Å². The van der Waals surface area contributed by atoms with Crippen LogP contribution in [0.15, 0.2) is 22.9 Å². The zero-order chi connectivity index (χ0) is 15.2. The molecule has 2 aromatic heterocycles. The number of nitrogens with zero attached hydrogens (tertiary/aromatic N) is 3. The molecule has 2 heterocycles. The maximum absolute atomic E-state index is 11.3. The molecule has 112 valence electrons. The van der Waals surface area contributed by atoms with Gasteiger partial charge in [-0.25, -0.2) is 4.98 Å². The fourth-order valence-electron chi connectivity index (χ4n) is 1.57. The van der Waals surface area contributed by atoms with E-state index in [0.717, 1.165) is 6.42 Å². The fraction of sp³-hybridized carbons (Fsp3) is 0.429. The van der Waals surface area contributed by atoms with Crippen LogP contribution in [-0.4, -0.2) is 34.2 Å². The summed E-state index contributed by atoms with van der Waals surface area (Å²) in [5.41, 5.74) is 0.707. The van der Waals surface area contributed by atoms with E-state index in [1.165, 1.54) is 0 Å². The largest absolute Gasteiger partial charge is 0.475 e. The van der Waals surface area contributed by atoms with Crippen LogP contribution in [0.3, 0.4) is 0 Å². The van der Waals surface area contributed by atoms with Crippen LogP contribution in [0.1, 0.15) is 26.1 Å². The van der Waals surface area contributed by atoms with E-state index in [4.69, 9.17) is 9.26 Å². The topological polar surface area (TPSA) is 90.1 Å². The second kappa shape index (κ2) is 6.83. The summed E-state index contributed by atoms with van der Waals surface area (Å²) in [6.45, 7) is 4.01. The van der Waals surface area contributed by atoms with Crippen molar-refractivity contribution in [3.63, 3.8) is 0 Å². The van der Waals surface area contributed by atoms with Gasteiger partial charge in [0.2, 0.25) is 11.8 Å². The van der Waals surface area contributed by atoms with E-state index in [-0.39, 0.29) is 18.4 Å². The first-order chi connectivity index (χ1) is 10.1. The van der Waals surface area contributed by atoms with E-state index < -0.39 is 0 Å². The molecule has 0 bridgehead atoms. The first kappa shape index (κ1) is 15.0. The zero-order valence-electron chi connectivity index (χ0n) is 12.3. The molecule has 7 nitrogen and oxygen atoms in total.